The molecular weight excluding hydrogens is 252 g/mol. The Morgan fingerprint density at radius 1 is 0.950 bits per heavy atom. The fourth-order valence-corrected chi connectivity index (χ4v) is 1.96. The molecule has 0 fully saturated rings. The first-order valence-electron chi connectivity index (χ1n) is 7.70. The van der Waals surface area contributed by atoms with Gasteiger partial charge in [-0.25, -0.2) is 0 Å². The Hall–Kier alpha value is -0.900. The molecule has 0 heterocycles. The van der Waals surface area contributed by atoms with Crippen molar-refractivity contribution in [3.8, 4) is 0 Å². The van der Waals surface area contributed by atoms with Gasteiger partial charge in [0, 0.05) is 6.61 Å². The molecule has 1 aromatic rings. The van der Waals surface area contributed by atoms with E-state index in [1.165, 1.54) is 25.7 Å². The minimum absolute atomic E-state index is 0.324. The van der Waals surface area contributed by atoms with E-state index >= 15 is 0 Å². The van der Waals surface area contributed by atoms with Gasteiger partial charge in [0.1, 0.15) is 6.10 Å². The molecule has 0 aromatic heterocycles. The molecule has 0 radical (unpaired) electrons. The van der Waals surface area contributed by atoms with Crippen LogP contribution in [0.3, 0.4) is 0 Å². The maximum Gasteiger partial charge on any atom is 0.101 e. The van der Waals surface area contributed by atoms with Gasteiger partial charge in [-0.3, -0.25) is 0 Å². The predicted molar refractivity (Wildman–Crippen MR) is 81.7 cm³/mol. The summed E-state index contributed by atoms with van der Waals surface area (Å²) in [6.07, 6.45) is 5.61. The van der Waals surface area contributed by atoms with Crippen molar-refractivity contribution in [3.63, 3.8) is 0 Å². The second-order valence-electron chi connectivity index (χ2n) is 5.14. The van der Waals surface area contributed by atoms with Gasteiger partial charge in [0.25, 0.3) is 0 Å². The number of benzene rings is 1. The molecule has 3 heteroatoms. The normalized spacial score (nSPS) is 12.5. The highest BCUT2D eigenvalue weighted by Gasteiger charge is 2.04. The Bertz CT molecular complexity index is 313. The molecule has 0 aliphatic carbocycles. The van der Waals surface area contributed by atoms with Gasteiger partial charge in [-0.15, -0.1) is 0 Å². The topological polar surface area (TPSA) is 38.7 Å². The molecule has 3 nitrogen and oxygen atoms in total. The van der Waals surface area contributed by atoms with Crippen LogP contribution in [0.1, 0.15) is 44.6 Å². The van der Waals surface area contributed by atoms with E-state index < -0.39 is 6.10 Å². The molecule has 0 saturated carbocycles. The van der Waals surface area contributed by atoms with Crippen molar-refractivity contribution < 1.29 is 14.6 Å². The Balaban J connectivity index is 1.91. The summed E-state index contributed by atoms with van der Waals surface area (Å²) in [6, 6.07) is 9.97. The average Bonchev–Trinajstić information content (AvgIpc) is 2.47. The summed E-state index contributed by atoms with van der Waals surface area (Å²) < 4.78 is 10.9. The molecule has 0 bridgehead atoms. The van der Waals surface area contributed by atoms with Gasteiger partial charge < -0.3 is 14.6 Å². The number of rotatable bonds is 12. The van der Waals surface area contributed by atoms with Gasteiger partial charge in [-0.2, -0.15) is 0 Å². The van der Waals surface area contributed by atoms with Crippen LogP contribution < -0.4 is 0 Å². The SMILES string of the molecule is CCCCCCCOCC(O)COCc1ccccc1. The van der Waals surface area contributed by atoms with E-state index in [2.05, 4.69) is 6.92 Å². The van der Waals surface area contributed by atoms with Crippen LogP contribution in [0.2, 0.25) is 0 Å². The van der Waals surface area contributed by atoms with Crippen LogP contribution in [-0.2, 0) is 16.1 Å². The van der Waals surface area contributed by atoms with Crippen molar-refractivity contribution in [2.75, 3.05) is 19.8 Å². The molecule has 0 aliphatic heterocycles. The Labute approximate surface area is 122 Å². The van der Waals surface area contributed by atoms with Crippen LogP contribution in [0.5, 0.6) is 0 Å². The molecule has 0 spiro atoms. The first-order chi connectivity index (χ1) is 9.83. The van der Waals surface area contributed by atoms with Gasteiger partial charge in [-0.05, 0) is 12.0 Å². The zero-order valence-electron chi connectivity index (χ0n) is 12.6. The second kappa shape index (κ2) is 11.9. The van der Waals surface area contributed by atoms with Gasteiger partial charge in [0.15, 0.2) is 0 Å². The molecule has 20 heavy (non-hydrogen) atoms. The zero-order chi connectivity index (χ0) is 14.5. The number of hydrogen-bond acceptors (Lipinski definition) is 3. The summed E-state index contributed by atoms with van der Waals surface area (Å²) in [7, 11) is 0. The molecule has 1 aromatic carbocycles. The van der Waals surface area contributed by atoms with E-state index in [9.17, 15) is 5.11 Å². The standard InChI is InChI=1S/C17H28O3/c1-2-3-4-5-9-12-19-14-17(18)15-20-13-16-10-7-6-8-11-16/h6-8,10-11,17-18H,2-5,9,12-15H2,1H3. The number of ether oxygens (including phenoxy) is 2. The maximum absolute atomic E-state index is 9.72. The lowest BCUT2D eigenvalue weighted by Crippen LogP contribution is -2.22. The summed E-state index contributed by atoms with van der Waals surface area (Å²) in [6.45, 7) is 4.17. The van der Waals surface area contributed by atoms with Crippen molar-refractivity contribution in [2.45, 2.75) is 51.7 Å². The molecule has 0 amide bonds. The van der Waals surface area contributed by atoms with Crippen molar-refractivity contribution in [3.05, 3.63) is 35.9 Å². The smallest absolute Gasteiger partial charge is 0.101 e. The van der Waals surface area contributed by atoms with E-state index in [0.717, 1.165) is 18.6 Å². The summed E-state index contributed by atoms with van der Waals surface area (Å²) in [5, 5.41) is 9.72. The molecule has 0 saturated heterocycles. The third-order valence-electron chi connectivity index (χ3n) is 3.12. The van der Waals surface area contributed by atoms with Gasteiger partial charge in [-0.1, -0.05) is 62.9 Å². The van der Waals surface area contributed by atoms with E-state index in [1.54, 1.807) is 0 Å². The minimum Gasteiger partial charge on any atom is -0.388 e. The molecule has 1 atom stereocenters. The van der Waals surface area contributed by atoms with Crippen LogP contribution in [0.4, 0.5) is 0 Å². The molecule has 1 N–H and O–H groups in total. The lowest BCUT2D eigenvalue weighted by Gasteiger charge is -2.12. The lowest BCUT2D eigenvalue weighted by molar-refractivity contribution is -0.0239. The monoisotopic (exact) mass is 280 g/mol. The summed E-state index contributed by atoms with van der Waals surface area (Å²) in [4.78, 5) is 0. The Morgan fingerprint density at radius 3 is 2.40 bits per heavy atom. The third kappa shape index (κ3) is 9.08. The molecule has 0 aliphatic rings. The highest BCUT2D eigenvalue weighted by Crippen LogP contribution is 2.03. The largest absolute Gasteiger partial charge is 0.388 e. The van der Waals surface area contributed by atoms with E-state index in [-0.39, 0.29) is 0 Å². The molecule has 1 rings (SSSR count). The number of aliphatic hydroxyl groups is 1. The second-order valence-corrected chi connectivity index (χ2v) is 5.14. The molecule has 1 unspecified atom stereocenters. The highest BCUT2D eigenvalue weighted by molar-refractivity contribution is 5.13. The summed E-state index contributed by atoms with van der Waals surface area (Å²) in [5.41, 5.74) is 1.12. The van der Waals surface area contributed by atoms with Crippen LogP contribution >= 0.6 is 0 Å². The fourth-order valence-electron chi connectivity index (χ4n) is 1.96. The summed E-state index contributed by atoms with van der Waals surface area (Å²) >= 11 is 0. The van der Waals surface area contributed by atoms with Crippen molar-refractivity contribution in [2.24, 2.45) is 0 Å². The summed E-state index contributed by atoms with van der Waals surface area (Å²) in [5.74, 6) is 0. The third-order valence-corrected chi connectivity index (χ3v) is 3.12. The fraction of sp³-hybridized carbons (Fsp3) is 0.647. The molecular formula is C17H28O3. The minimum atomic E-state index is -0.533. The number of hydrogen-bond donors (Lipinski definition) is 1. The first-order valence-corrected chi connectivity index (χ1v) is 7.70. The van der Waals surface area contributed by atoms with Crippen molar-refractivity contribution in [1.82, 2.24) is 0 Å². The van der Waals surface area contributed by atoms with E-state index in [1.807, 2.05) is 30.3 Å². The van der Waals surface area contributed by atoms with Crippen LogP contribution in [0, 0.1) is 0 Å². The Morgan fingerprint density at radius 2 is 1.65 bits per heavy atom. The first kappa shape index (κ1) is 17.2. The van der Waals surface area contributed by atoms with Gasteiger partial charge in [0.2, 0.25) is 0 Å². The predicted octanol–water partition coefficient (Wildman–Crippen LogP) is 3.55. The number of unbranched alkanes of at least 4 members (excludes halogenated alkanes) is 4. The lowest BCUT2D eigenvalue weighted by atomic mass is 10.2. The Kier molecular flexibility index (Phi) is 10.2. The quantitative estimate of drug-likeness (QED) is 0.595. The van der Waals surface area contributed by atoms with E-state index in [4.69, 9.17) is 9.47 Å². The van der Waals surface area contributed by atoms with Crippen LogP contribution in [0.25, 0.3) is 0 Å². The van der Waals surface area contributed by atoms with E-state index in [0.29, 0.717) is 19.8 Å². The van der Waals surface area contributed by atoms with Crippen LogP contribution in [-0.4, -0.2) is 31.0 Å². The van der Waals surface area contributed by atoms with Crippen LogP contribution in [0.15, 0.2) is 30.3 Å². The average molecular weight is 280 g/mol. The van der Waals surface area contributed by atoms with Crippen molar-refractivity contribution in [1.29, 1.82) is 0 Å². The van der Waals surface area contributed by atoms with Gasteiger partial charge in [0.05, 0.1) is 19.8 Å². The molecule has 114 valence electrons. The van der Waals surface area contributed by atoms with Crippen molar-refractivity contribution >= 4 is 0 Å². The maximum atomic E-state index is 9.72. The zero-order valence-corrected chi connectivity index (χ0v) is 12.6. The highest BCUT2D eigenvalue weighted by atomic mass is 16.5. The number of aliphatic hydroxyl groups excluding tert-OH is 1. The van der Waals surface area contributed by atoms with Gasteiger partial charge >= 0.3 is 0 Å².